The molecule has 0 bridgehead atoms. The molecule has 1 aromatic carbocycles. The molecule has 1 aromatic heterocycles. The highest BCUT2D eigenvalue weighted by Gasteiger charge is 2.33. The zero-order valence-corrected chi connectivity index (χ0v) is 13.8. The monoisotopic (exact) mass is 335 g/mol. The normalized spacial score (nSPS) is 20.4. The molecule has 3 rings (SSSR count). The van der Waals surface area contributed by atoms with Crippen molar-refractivity contribution in [3.8, 4) is 22.9 Å². The Hall–Kier alpha value is -2.22. The number of aromatic nitrogens is 3. The summed E-state index contributed by atoms with van der Waals surface area (Å²) in [6, 6.07) is 5.45. The summed E-state index contributed by atoms with van der Waals surface area (Å²) in [5.74, 6) is 1.69. The predicted molar refractivity (Wildman–Crippen MR) is 84.7 cm³/mol. The Morgan fingerprint density at radius 2 is 2.17 bits per heavy atom. The largest absolute Gasteiger partial charge is 0.497 e. The second kappa shape index (κ2) is 6.49. The fourth-order valence-electron chi connectivity index (χ4n) is 2.36. The first kappa shape index (κ1) is 15.7. The molecule has 0 aliphatic carbocycles. The first-order chi connectivity index (χ1) is 11.1. The summed E-state index contributed by atoms with van der Waals surface area (Å²) >= 11 is 1.31. The molecule has 2 heterocycles. The van der Waals surface area contributed by atoms with Crippen molar-refractivity contribution < 1.29 is 19.0 Å². The molecule has 23 heavy (non-hydrogen) atoms. The number of aromatic amines is 1. The van der Waals surface area contributed by atoms with E-state index in [-0.39, 0.29) is 17.3 Å². The van der Waals surface area contributed by atoms with Gasteiger partial charge in [0, 0.05) is 12.5 Å². The Bertz CT molecular complexity index is 718. The van der Waals surface area contributed by atoms with E-state index >= 15 is 0 Å². The molecule has 2 atom stereocenters. The van der Waals surface area contributed by atoms with Crippen molar-refractivity contribution in [2.75, 3.05) is 14.2 Å². The Morgan fingerprint density at radius 1 is 1.35 bits per heavy atom. The zero-order chi connectivity index (χ0) is 16.4. The van der Waals surface area contributed by atoms with Crippen LogP contribution in [0.15, 0.2) is 23.4 Å². The molecule has 7 nitrogen and oxygen atoms in total. The van der Waals surface area contributed by atoms with Gasteiger partial charge in [-0.15, -0.1) is 5.10 Å². The standard InChI is InChI=1S/C15H17N3O4S/c1-8-6-12(14(19)22-8)23-15-16-13(17-18-15)10-5-4-9(20-2)7-11(10)21-3/h4-5,7-8,12H,6H2,1-3H3,(H,16,17,18)/t8-,12+/m0/s1. The van der Waals surface area contributed by atoms with Crippen LogP contribution >= 0.6 is 11.8 Å². The Labute approximate surface area is 137 Å². The van der Waals surface area contributed by atoms with Crippen LogP contribution in [0.1, 0.15) is 13.3 Å². The fraction of sp³-hybridized carbons (Fsp3) is 0.400. The number of carbonyl (C=O) groups is 1. The molecular formula is C15H17N3O4S. The van der Waals surface area contributed by atoms with E-state index in [4.69, 9.17) is 14.2 Å². The summed E-state index contributed by atoms with van der Waals surface area (Å²) in [6.45, 7) is 1.88. The number of thioether (sulfide) groups is 1. The summed E-state index contributed by atoms with van der Waals surface area (Å²) in [6.07, 6.45) is 0.610. The average molecular weight is 335 g/mol. The van der Waals surface area contributed by atoms with E-state index in [0.717, 1.165) is 5.56 Å². The number of carbonyl (C=O) groups excluding carboxylic acids is 1. The van der Waals surface area contributed by atoms with Crippen LogP contribution in [0.25, 0.3) is 11.4 Å². The molecule has 0 spiro atoms. The average Bonchev–Trinajstić information content (AvgIpc) is 3.13. The number of hydrogen-bond donors (Lipinski definition) is 1. The Morgan fingerprint density at radius 3 is 2.83 bits per heavy atom. The maximum Gasteiger partial charge on any atom is 0.319 e. The maximum atomic E-state index is 11.7. The molecule has 1 aliphatic rings. The van der Waals surface area contributed by atoms with Crippen molar-refractivity contribution in [2.24, 2.45) is 0 Å². The molecule has 0 unspecified atom stereocenters. The van der Waals surface area contributed by atoms with Gasteiger partial charge in [-0.05, 0) is 19.1 Å². The van der Waals surface area contributed by atoms with E-state index in [1.165, 1.54) is 11.8 Å². The summed E-state index contributed by atoms with van der Waals surface area (Å²) in [5, 5.41) is 7.30. The number of cyclic esters (lactones) is 1. The Balaban J connectivity index is 1.80. The summed E-state index contributed by atoms with van der Waals surface area (Å²) in [5.41, 5.74) is 0.773. The van der Waals surface area contributed by atoms with Crippen LogP contribution in [0, 0.1) is 0 Å². The van der Waals surface area contributed by atoms with Crippen molar-refractivity contribution in [3.63, 3.8) is 0 Å². The van der Waals surface area contributed by atoms with Crippen LogP contribution in [-0.2, 0) is 9.53 Å². The smallest absolute Gasteiger partial charge is 0.319 e. The molecule has 1 fully saturated rings. The van der Waals surface area contributed by atoms with Gasteiger partial charge in [-0.3, -0.25) is 9.89 Å². The van der Waals surface area contributed by atoms with Crippen LogP contribution in [0.2, 0.25) is 0 Å². The highest BCUT2D eigenvalue weighted by Crippen LogP contribution is 2.34. The highest BCUT2D eigenvalue weighted by atomic mass is 32.2. The van der Waals surface area contributed by atoms with Crippen LogP contribution in [0.4, 0.5) is 0 Å². The van der Waals surface area contributed by atoms with Crippen molar-refractivity contribution in [3.05, 3.63) is 18.2 Å². The number of nitrogens with zero attached hydrogens (tertiary/aromatic N) is 2. The third-order valence-corrected chi connectivity index (χ3v) is 4.57. The summed E-state index contributed by atoms with van der Waals surface area (Å²) in [4.78, 5) is 16.1. The Kier molecular flexibility index (Phi) is 4.42. The quantitative estimate of drug-likeness (QED) is 0.839. The van der Waals surface area contributed by atoms with Gasteiger partial charge in [0.1, 0.15) is 22.9 Å². The van der Waals surface area contributed by atoms with Gasteiger partial charge >= 0.3 is 5.97 Å². The number of H-pyrrole nitrogens is 1. The van der Waals surface area contributed by atoms with Gasteiger partial charge in [0.2, 0.25) is 5.16 Å². The number of esters is 1. The van der Waals surface area contributed by atoms with E-state index in [1.807, 2.05) is 19.1 Å². The second-order valence-electron chi connectivity index (χ2n) is 5.12. The van der Waals surface area contributed by atoms with E-state index in [9.17, 15) is 4.79 Å². The van der Waals surface area contributed by atoms with Crippen molar-refractivity contribution in [1.29, 1.82) is 0 Å². The van der Waals surface area contributed by atoms with Gasteiger partial charge in [-0.25, -0.2) is 4.98 Å². The minimum absolute atomic E-state index is 0.0555. The van der Waals surface area contributed by atoms with E-state index in [2.05, 4.69) is 15.2 Å². The minimum atomic E-state index is -0.258. The third-order valence-electron chi connectivity index (χ3n) is 3.50. The maximum absolute atomic E-state index is 11.7. The molecule has 0 radical (unpaired) electrons. The van der Waals surface area contributed by atoms with E-state index in [1.54, 1.807) is 20.3 Å². The fourth-order valence-corrected chi connectivity index (χ4v) is 3.37. The lowest BCUT2D eigenvalue weighted by Gasteiger charge is -2.07. The SMILES string of the molecule is COc1ccc(-c2nc(S[C@@H]3C[C@H](C)OC3=O)n[nH]2)c(OC)c1. The van der Waals surface area contributed by atoms with Crippen LogP contribution < -0.4 is 9.47 Å². The second-order valence-corrected chi connectivity index (χ2v) is 6.29. The summed E-state index contributed by atoms with van der Waals surface area (Å²) in [7, 11) is 3.18. The number of nitrogens with one attached hydrogen (secondary N) is 1. The number of methoxy groups -OCH3 is 2. The van der Waals surface area contributed by atoms with Crippen molar-refractivity contribution in [2.45, 2.75) is 29.9 Å². The van der Waals surface area contributed by atoms with Crippen LogP contribution in [0.3, 0.4) is 0 Å². The highest BCUT2D eigenvalue weighted by molar-refractivity contribution is 8.00. The predicted octanol–water partition coefficient (Wildman–Crippen LogP) is 2.29. The lowest BCUT2D eigenvalue weighted by Crippen LogP contribution is -2.09. The van der Waals surface area contributed by atoms with Crippen LogP contribution in [-0.4, -0.2) is 46.7 Å². The zero-order valence-electron chi connectivity index (χ0n) is 13.0. The molecule has 1 N–H and O–H groups in total. The van der Waals surface area contributed by atoms with Crippen LogP contribution in [0.5, 0.6) is 11.5 Å². The number of rotatable bonds is 5. The molecule has 0 saturated carbocycles. The number of hydrogen-bond acceptors (Lipinski definition) is 7. The van der Waals surface area contributed by atoms with Gasteiger partial charge in [-0.2, -0.15) is 0 Å². The molecule has 0 amide bonds. The van der Waals surface area contributed by atoms with E-state index < -0.39 is 0 Å². The first-order valence-electron chi connectivity index (χ1n) is 7.12. The lowest BCUT2D eigenvalue weighted by molar-refractivity contribution is -0.140. The lowest BCUT2D eigenvalue weighted by atomic mass is 10.2. The molecule has 2 aromatic rings. The van der Waals surface area contributed by atoms with Gasteiger partial charge in [-0.1, -0.05) is 11.8 Å². The topological polar surface area (TPSA) is 86.3 Å². The minimum Gasteiger partial charge on any atom is -0.497 e. The third kappa shape index (κ3) is 3.26. The van der Waals surface area contributed by atoms with Gasteiger partial charge in [0.25, 0.3) is 0 Å². The van der Waals surface area contributed by atoms with E-state index in [0.29, 0.717) is 28.9 Å². The first-order valence-corrected chi connectivity index (χ1v) is 8.00. The molecule has 122 valence electrons. The van der Waals surface area contributed by atoms with Gasteiger partial charge in [0.15, 0.2) is 5.82 Å². The molecular weight excluding hydrogens is 318 g/mol. The summed E-state index contributed by atoms with van der Waals surface area (Å²) < 4.78 is 15.7. The molecule has 1 saturated heterocycles. The van der Waals surface area contributed by atoms with Crippen molar-refractivity contribution in [1.82, 2.24) is 15.2 Å². The molecule has 8 heteroatoms. The number of benzene rings is 1. The number of ether oxygens (including phenoxy) is 3. The van der Waals surface area contributed by atoms with Gasteiger partial charge < -0.3 is 14.2 Å². The van der Waals surface area contributed by atoms with Crippen molar-refractivity contribution >= 4 is 17.7 Å². The molecule has 1 aliphatic heterocycles. The van der Waals surface area contributed by atoms with Gasteiger partial charge in [0.05, 0.1) is 19.8 Å².